The highest BCUT2D eigenvalue weighted by Crippen LogP contribution is 2.26. The van der Waals surface area contributed by atoms with Gasteiger partial charge in [-0.3, -0.25) is 0 Å². The van der Waals surface area contributed by atoms with Crippen molar-refractivity contribution >= 4 is 21.5 Å². The zero-order valence-electron chi connectivity index (χ0n) is 9.01. The second-order valence-electron chi connectivity index (χ2n) is 4.06. The number of hydrogen-bond acceptors (Lipinski definition) is 2. The molecular weight excluding hydrogens is 210 g/mol. The van der Waals surface area contributed by atoms with E-state index in [4.69, 9.17) is 5.26 Å². The van der Waals surface area contributed by atoms with Crippen LogP contribution in [0.2, 0.25) is 0 Å². The standard InChI is InChI=1S/C15H9NO/c16-9-10-1-2-11-7-14-8-15(17)4-3-12(14)6-13(11)5-10/h1-8,17H. The van der Waals surface area contributed by atoms with Crippen LogP contribution < -0.4 is 0 Å². The molecule has 0 bridgehead atoms. The predicted octanol–water partition coefficient (Wildman–Crippen LogP) is 3.57. The third-order valence-corrected chi connectivity index (χ3v) is 2.91. The molecule has 0 heterocycles. The van der Waals surface area contributed by atoms with Gasteiger partial charge < -0.3 is 5.11 Å². The summed E-state index contributed by atoms with van der Waals surface area (Å²) in [6.07, 6.45) is 0. The van der Waals surface area contributed by atoms with E-state index < -0.39 is 0 Å². The number of nitrogens with zero attached hydrogens (tertiary/aromatic N) is 1. The van der Waals surface area contributed by atoms with Gasteiger partial charge in [0.25, 0.3) is 0 Å². The molecule has 0 saturated carbocycles. The average molecular weight is 219 g/mol. The number of hydrogen-bond donors (Lipinski definition) is 1. The van der Waals surface area contributed by atoms with Crippen LogP contribution in [0.4, 0.5) is 0 Å². The van der Waals surface area contributed by atoms with Gasteiger partial charge in [-0.1, -0.05) is 12.1 Å². The lowest BCUT2D eigenvalue weighted by Crippen LogP contribution is -1.79. The average Bonchev–Trinajstić information content (AvgIpc) is 2.35. The Labute approximate surface area is 98.3 Å². The van der Waals surface area contributed by atoms with Crippen LogP contribution in [0, 0.1) is 11.3 Å². The van der Waals surface area contributed by atoms with E-state index in [2.05, 4.69) is 6.07 Å². The highest BCUT2D eigenvalue weighted by Gasteiger charge is 2.00. The Balaban J connectivity index is 2.40. The van der Waals surface area contributed by atoms with Gasteiger partial charge in [0.2, 0.25) is 0 Å². The van der Waals surface area contributed by atoms with Crippen molar-refractivity contribution in [1.29, 1.82) is 5.26 Å². The molecule has 0 fully saturated rings. The van der Waals surface area contributed by atoms with E-state index >= 15 is 0 Å². The van der Waals surface area contributed by atoms with Crippen molar-refractivity contribution in [1.82, 2.24) is 0 Å². The number of aromatic hydroxyl groups is 1. The quantitative estimate of drug-likeness (QED) is 0.587. The fraction of sp³-hybridized carbons (Fsp3) is 0. The topological polar surface area (TPSA) is 44.0 Å². The predicted molar refractivity (Wildman–Crippen MR) is 67.8 cm³/mol. The van der Waals surface area contributed by atoms with E-state index in [1.54, 1.807) is 18.2 Å². The molecule has 17 heavy (non-hydrogen) atoms. The van der Waals surface area contributed by atoms with E-state index in [1.165, 1.54) is 0 Å². The molecule has 0 aliphatic heterocycles. The second-order valence-corrected chi connectivity index (χ2v) is 4.06. The monoisotopic (exact) mass is 219 g/mol. The summed E-state index contributed by atoms with van der Waals surface area (Å²) in [7, 11) is 0. The third kappa shape index (κ3) is 1.58. The van der Waals surface area contributed by atoms with Crippen molar-refractivity contribution < 1.29 is 5.11 Å². The van der Waals surface area contributed by atoms with Crippen LogP contribution in [0.1, 0.15) is 5.56 Å². The van der Waals surface area contributed by atoms with E-state index in [0.717, 1.165) is 21.5 Å². The molecule has 0 aliphatic rings. The smallest absolute Gasteiger partial charge is 0.116 e. The van der Waals surface area contributed by atoms with Gasteiger partial charge >= 0.3 is 0 Å². The van der Waals surface area contributed by atoms with Crippen LogP contribution in [0.5, 0.6) is 5.75 Å². The molecule has 1 N–H and O–H groups in total. The Morgan fingerprint density at radius 2 is 1.41 bits per heavy atom. The lowest BCUT2D eigenvalue weighted by Gasteiger charge is -2.03. The SMILES string of the molecule is N#Cc1ccc2cc3cc(O)ccc3cc2c1. The Kier molecular flexibility index (Phi) is 1.99. The number of nitriles is 1. The maximum absolute atomic E-state index is 9.44. The van der Waals surface area contributed by atoms with Gasteiger partial charge in [-0.2, -0.15) is 5.26 Å². The van der Waals surface area contributed by atoms with Crippen LogP contribution in [-0.2, 0) is 0 Å². The van der Waals surface area contributed by atoms with E-state index in [0.29, 0.717) is 5.56 Å². The van der Waals surface area contributed by atoms with Gasteiger partial charge in [-0.05, 0) is 57.9 Å². The molecule has 3 aromatic rings. The fourth-order valence-electron chi connectivity index (χ4n) is 2.05. The number of phenols is 1. The van der Waals surface area contributed by atoms with E-state index in [1.807, 2.05) is 30.3 Å². The van der Waals surface area contributed by atoms with Crippen LogP contribution in [0.15, 0.2) is 48.5 Å². The van der Waals surface area contributed by atoms with Crippen molar-refractivity contribution in [2.24, 2.45) is 0 Å². The van der Waals surface area contributed by atoms with Gasteiger partial charge in [0.1, 0.15) is 5.75 Å². The molecule has 0 aromatic heterocycles. The molecule has 0 saturated heterocycles. The number of phenolic OH excluding ortho intramolecular Hbond substituents is 1. The van der Waals surface area contributed by atoms with Gasteiger partial charge in [0.05, 0.1) is 11.6 Å². The van der Waals surface area contributed by atoms with Crippen molar-refractivity contribution in [3.8, 4) is 11.8 Å². The summed E-state index contributed by atoms with van der Waals surface area (Å²) in [6, 6.07) is 17.1. The first-order chi connectivity index (χ1) is 8.26. The molecule has 0 amide bonds. The summed E-state index contributed by atoms with van der Waals surface area (Å²) in [4.78, 5) is 0. The minimum Gasteiger partial charge on any atom is -0.508 e. The molecule has 2 heteroatoms. The number of benzene rings is 3. The van der Waals surface area contributed by atoms with E-state index in [9.17, 15) is 5.11 Å². The maximum Gasteiger partial charge on any atom is 0.116 e. The van der Waals surface area contributed by atoms with E-state index in [-0.39, 0.29) is 5.75 Å². The number of rotatable bonds is 0. The first-order valence-electron chi connectivity index (χ1n) is 5.33. The summed E-state index contributed by atoms with van der Waals surface area (Å²) in [6.45, 7) is 0. The van der Waals surface area contributed by atoms with Crippen molar-refractivity contribution in [2.75, 3.05) is 0 Å². The lowest BCUT2D eigenvalue weighted by atomic mass is 10.0. The summed E-state index contributed by atoms with van der Waals surface area (Å²) < 4.78 is 0. The molecule has 3 aromatic carbocycles. The Bertz CT molecular complexity index is 769. The van der Waals surface area contributed by atoms with Crippen molar-refractivity contribution in [2.45, 2.75) is 0 Å². The maximum atomic E-state index is 9.44. The first-order valence-corrected chi connectivity index (χ1v) is 5.33. The van der Waals surface area contributed by atoms with Crippen LogP contribution in [0.3, 0.4) is 0 Å². The van der Waals surface area contributed by atoms with Crippen LogP contribution >= 0.6 is 0 Å². The molecule has 0 radical (unpaired) electrons. The molecule has 0 aliphatic carbocycles. The highest BCUT2D eigenvalue weighted by atomic mass is 16.3. The molecule has 0 spiro atoms. The normalized spacial score (nSPS) is 10.5. The second kappa shape index (κ2) is 3.50. The Morgan fingerprint density at radius 3 is 2.12 bits per heavy atom. The van der Waals surface area contributed by atoms with Gasteiger partial charge in [-0.25, -0.2) is 0 Å². The lowest BCUT2D eigenvalue weighted by molar-refractivity contribution is 0.476. The summed E-state index contributed by atoms with van der Waals surface area (Å²) in [5, 5.41) is 22.5. The van der Waals surface area contributed by atoms with Gasteiger partial charge in [-0.15, -0.1) is 0 Å². The summed E-state index contributed by atoms with van der Waals surface area (Å²) in [5.41, 5.74) is 0.663. The minimum atomic E-state index is 0.269. The number of fused-ring (bicyclic) bond motifs is 2. The van der Waals surface area contributed by atoms with Crippen molar-refractivity contribution in [3.63, 3.8) is 0 Å². The summed E-state index contributed by atoms with van der Waals surface area (Å²) in [5.74, 6) is 0.269. The van der Waals surface area contributed by atoms with Crippen molar-refractivity contribution in [3.05, 3.63) is 54.1 Å². The van der Waals surface area contributed by atoms with Crippen LogP contribution in [0.25, 0.3) is 21.5 Å². The third-order valence-electron chi connectivity index (χ3n) is 2.91. The zero-order valence-corrected chi connectivity index (χ0v) is 9.01. The zero-order chi connectivity index (χ0) is 11.8. The molecule has 3 rings (SSSR count). The summed E-state index contributed by atoms with van der Waals surface area (Å²) >= 11 is 0. The Hall–Kier alpha value is -2.53. The Morgan fingerprint density at radius 1 is 0.765 bits per heavy atom. The molecular formula is C15H9NO. The molecule has 80 valence electrons. The molecule has 0 unspecified atom stereocenters. The molecule has 0 atom stereocenters. The highest BCUT2D eigenvalue weighted by molar-refractivity contribution is 5.99. The van der Waals surface area contributed by atoms with Gasteiger partial charge in [0.15, 0.2) is 0 Å². The first kappa shape index (κ1) is 9.68. The minimum absolute atomic E-state index is 0.269. The molecule has 2 nitrogen and oxygen atoms in total. The van der Waals surface area contributed by atoms with Crippen LogP contribution in [-0.4, -0.2) is 5.11 Å². The largest absolute Gasteiger partial charge is 0.508 e. The fourth-order valence-corrected chi connectivity index (χ4v) is 2.05. The van der Waals surface area contributed by atoms with Gasteiger partial charge in [0, 0.05) is 0 Å².